The predicted octanol–water partition coefficient (Wildman–Crippen LogP) is 6.26. The van der Waals surface area contributed by atoms with Crippen LogP contribution in [0, 0.1) is 18.8 Å². The first-order valence-electron chi connectivity index (χ1n) is 11.7. The van der Waals surface area contributed by atoms with Gasteiger partial charge in [-0.15, -0.1) is 0 Å². The Morgan fingerprint density at radius 2 is 1.63 bits per heavy atom. The molecule has 0 amide bonds. The highest BCUT2D eigenvalue weighted by Gasteiger charge is 2.40. The molecule has 0 spiro atoms. The molecule has 1 aliphatic carbocycles. The number of carbonyl (C=O) groups is 2. The summed E-state index contributed by atoms with van der Waals surface area (Å²) in [5, 5.41) is -0.447. The third-order valence-electron chi connectivity index (χ3n) is 6.69. The summed E-state index contributed by atoms with van der Waals surface area (Å²) >= 11 is 5.94. The molecule has 0 N–H and O–H groups in total. The second-order valence-corrected chi connectivity index (χ2v) is 11.1. The van der Waals surface area contributed by atoms with Crippen molar-refractivity contribution < 1.29 is 27.0 Å². The number of carbonyl (C=O) groups excluding carboxylic acids is 2. The van der Waals surface area contributed by atoms with Gasteiger partial charge in [0.1, 0.15) is 22.5 Å². The average Bonchev–Trinajstić information content (AvgIpc) is 2.77. The monoisotopic (exact) mass is 527 g/mol. The SMILES string of the molecule is CCc1cc(C)cc(CC)c1C1C(=O)CC(C(C)CS(=O)c2ncc(C(F)(F)F)cc2Cl)CC1=O. The first-order valence-corrected chi connectivity index (χ1v) is 13.4. The number of benzene rings is 1. The van der Waals surface area contributed by atoms with Crippen molar-refractivity contribution in [2.75, 3.05) is 5.75 Å². The van der Waals surface area contributed by atoms with Gasteiger partial charge in [0.05, 0.1) is 21.4 Å². The number of rotatable bonds is 7. The summed E-state index contributed by atoms with van der Waals surface area (Å²) in [5.74, 6) is -1.60. The maximum Gasteiger partial charge on any atom is 0.417 e. The zero-order valence-electron chi connectivity index (χ0n) is 20.2. The molecular weight excluding hydrogens is 499 g/mol. The number of alkyl halides is 3. The summed E-state index contributed by atoms with van der Waals surface area (Å²) in [5.41, 5.74) is 2.96. The van der Waals surface area contributed by atoms with E-state index in [1.807, 2.05) is 32.9 Å². The van der Waals surface area contributed by atoms with Crippen LogP contribution in [0.3, 0.4) is 0 Å². The van der Waals surface area contributed by atoms with Crippen LogP contribution in [0.2, 0.25) is 5.02 Å². The molecule has 1 heterocycles. The Morgan fingerprint density at radius 3 is 2.09 bits per heavy atom. The van der Waals surface area contributed by atoms with Crippen molar-refractivity contribution in [3.8, 4) is 0 Å². The molecule has 0 aliphatic heterocycles. The Labute approximate surface area is 211 Å². The average molecular weight is 528 g/mol. The number of ketones is 2. The predicted molar refractivity (Wildman–Crippen MR) is 130 cm³/mol. The fourth-order valence-corrected chi connectivity index (χ4v) is 6.62. The van der Waals surface area contributed by atoms with Gasteiger partial charge in [0, 0.05) is 24.8 Å². The van der Waals surface area contributed by atoms with E-state index in [0.29, 0.717) is 12.3 Å². The van der Waals surface area contributed by atoms with Crippen LogP contribution < -0.4 is 0 Å². The third kappa shape index (κ3) is 6.02. The number of halogens is 4. The lowest BCUT2D eigenvalue weighted by Crippen LogP contribution is -2.36. The van der Waals surface area contributed by atoms with Crippen molar-refractivity contribution in [3.63, 3.8) is 0 Å². The maximum absolute atomic E-state index is 13.2. The van der Waals surface area contributed by atoms with E-state index in [9.17, 15) is 27.0 Å². The molecule has 2 unspecified atom stereocenters. The van der Waals surface area contributed by atoms with E-state index in [-0.39, 0.29) is 52.0 Å². The fraction of sp³-hybridized carbons (Fsp3) is 0.500. The maximum atomic E-state index is 13.2. The van der Waals surface area contributed by atoms with Gasteiger partial charge in [-0.05, 0) is 54.4 Å². The quantitative estimate of drug-likeness (QED) is 0.398. The Balaban J connectivity index is 1.77. The van der Waals surface area contributed by atoms with Crippen molar-refractivity contribution in [3.05, 3.63) is 57.2 Å². The summed E-state index contributed by atoms with van der Waals surface area (Å²) in [6.07, 6.45) is -2.18. The van der Waals surface area contributed by atoms with Crippen molar-refractivity contribution in [2.24, 2.45) is 11.8 Å². The molecule has 1 aliphatic rings. The largest absolute Gasteiger partial charge is 0.417 e. The molecule has 190 valence electrons. The Kier molecular flexibility index (Phi) is 8.58. The molecule has 2 atom stereocenters. The van der Waals surface area contributed by atoms with E-state index in [4.69, 9.17) is 11.6 Å². The topological polar surface area (TPSA) is 64.1 Å². The molecule has 2 aromatic rings. The third-order valence-corrected chi connectivity index (χ3v) is 8.67. The van der Waals surface area contributed by atoms with Crippen LogP contribution in [-0.4, -0.2) is 26.5 Å². The highest BCUT2D eigenvalue weighted by atomic mass is 35.5. The van der Waals surface area contributed by atoms with Crippen LogP contribution in [-0.2, 0) is 39.4 Å². The zero-order chi connectivity index (χ0) is 26.1. The highest BCUT2D eigenvalue weighted by Crippen LogP contribution is 2.39. The van der Waals surface area contributed by atoms with Crippen molar-refractivity contribution in [2.45, 2.75) is 70.5 Å². The molecule has 1 saturated carbocycles. The molecule has 4 nitrogen and oxygen atoms in total. The van der Waals surface area contributed by atoms with Crippen LogP contribution >= 0.6 is 11.6 Å². The first kappa shape index (κ1) is 27.5. The number of hydrogen-bond donors (Lipinski definition) is 0. The Bertz CT molecular complexity index is 1120. The number of pyridine rings is 1. The van der Waals surface area contributed by atoms with Crippen LogP contribution in [0.1, 0.15) is 67.3 Å². The molecule has 3 rings (SSSR count). The minimum atomic E-state index is -4.60. The van der Waals surface area contributed by atoms with Crippen molar-refractivity contribution in [1.82, 2.24) is 4.98 Å². The lowest BCUT2D eigenvalue weighted by atomic mass is 9.70. The smallest absolute Gasteiger partial charge is 0.299 e. The van der Waals surface area contributed by atoms with E-state index < -0.39 is 28.5 Å². The van der Waals surface area contributed by atoms with E-state index >= 15 is 0 Å². The molecule has 0 saturated heterocycles. The van der Waals surface area contributed by atoms with Gasteiger partial charge in [-0.25, -0.2) is 4.98 Å². The molecule has 0 bridgehead atoms. The summed E-state index contributed by atoms with van der Waals surface area (Å²) in [7, 11) is -1.77. The molecular formula is C26H29ClF3NO3S. The standard InChI is InChI=1S/C26H29ClF3NO3S/c1-5-16-7-14(3)8-17(6-2)23(16)24-21(32)9-18(10-22(24)33)15(4)13-35(34)25-20(27)11-19(12-31-25)26(28,29)30/h7-8,11-12,15,18,24H,5-6,9-10,13H2,1-4H3. The summed E-state index contributed by atoms with van der Waals surface area (Å²) in [4.78, 5) is 30.2. The van der Waals surface area contributed by atoms with E-state index in [0.717, 1.165) is 35.1 Å². The second-order valence-electron chi connectivity index (χ2n) is 9.24. The van der Waals surface area contributed by atoms with Gasteiger partial charge in [0.15, 0.2) is 0 Å². The Hall–Kier alpha value is -2.06. The normalized spacial score (nSPS) is 20.7. The summed E-state index contributed by atoms with van der Waals surface area (Å²) < 4.78 is 51.4. The summed E-state index contributed by atoms with van der Waals surface area (Å²) in [6, 6.07) is 4.78. The van der Waals surface area contributed by atoms with Gasteiger partial charge < -0.3 is 0 Å². The van der Waals surface area contributed by atoms with Gasteiger partial charge in [0.25, 0.3) is 0 Å². The number of hydrogen-bond acceptors (Lipinski definition) is 4. The number of aryl methyl sites for hydroxylation is 3. The highest BCUT2D eigenvalue weighted by molar-refractivity contribution is 7.85. The van der Waals surface area contributed by atoms with Gasteiger partial charge in [0.2, 0.25) is 0 Å². The molecule has 0 radical (unpaired) electrons. The lowest BCUT2D eigenvalue weighted by Gasteiger charge is -2.32. The van der Waals surface area contributed by atoms with Crippen LogP contribution in [0.15, 0.2) is 29.4 Å². The number of nitrogens with zero attached hydrogens (tertiary/aromatic N) is 1. The molecule has 1 fully saturated rings. The molecule has 35 heavy (non-hydrogen) atoms. The molecule has 9 heteroatoms. The van der Waals surface area contributed by atoms with Gasteiger partial charge in [-0.3, -0.25) is 13.8 Å². The summed E-state index contributed by atoms with van der Waals surface area (Å²) in [6.45, 7) is 7.82. The minimum Gasteiger partial charge on any atom is -0.299 e. The fourth-order valence-electron chi connectivity index (χ4n) is 4.84. The van der Waals surface area contributed by atoms with Crippen molar-refractivity contribution in [1.29, 1.82) is 0 Å². The second kappa shape index (κ2) is 10.9. The van der Waals surface area contributed by atoms with Crippen LogP contribution in [0.5, 0.6) is 0 Å². The Morgan fingerprint density at radius 1 is 1.09 bits per heavy atom. The van der Waals surface area contributed by atoms with E-state index in [2.05, 4.69) is 4.98 Å². The van der Waals surface area contributed by atoms with Gasteiger partial charge >= 0.3 is 6.18 Å². The number of Topliss-reactive ketones (excluding diaryl/α,β-unsaturated/α-hetero) is 2. The molecule has 1 aromatic carbocycles. The molecule has 1 aromatic heterocycles. The van der Waals surface area contributed by atoms with Crippen LogP contribution in [0.25, 0.3) is 0 Å². The van der Waals surface area contributed by atoms with E-state index in [1.54, 1.807) is 6.92 Å². The van der Waals surface area contributed by atoms with Gasteiger partial charge in [-0.2, -0.15) is 13.2 Å². The van der Waals surface area contributed by atoms with Gasteiger partial charge in [-0.1, -0.05) is 50.1 Å². The minimum absolute atomic E-state index is 0.0406. The number of aromatic nitrogens is 1. The van der Waals surface area contributed by atoms with Crippen molar-refractivity contribution >= 4 is 34.0 Å². The first-order chi connectivity index (χ1) is 16.4. The van der Waals surface area contributed by atoms with E-state index in [1.165, 1.54) is 0 Å². The lowest BCUT2D eigenvalue weighted by molar-refractivity contribution is -0.138. The van der Waals surface area contributed by atoms with Crippen LogP contribution in [0.4, 0.5) is 13.2 Å². The zero-order valence-corrected chi connectivity index (χ0v) is 21.7.